The van der Waals surface area contributed by atoms with Crippen molar-refractivity contribution in [2.24, 2.45) is 0 Å². The lowest BCUT2D eigenvalue weighted by molar-refractivity contribution is 0.276. The number of benzene rings is 2. The molecular weight excluding hydrogens is 272 g/mol. The molecule has 0 aliphatic rings. The first-order chi connectivity index (χ1) is 9.10. The molecule has 2 aromatic carbocycles. The van der Waals surface area contributed by atoms with Crippen LogP contribution in [0.1, 0.15) is 11.6 Å². The van der Waals surface area contributed by atoms with Crippen LogP contribution in [-0.4, -0.2) is 11.7 Å². The largest absolute Gasteiger partial charge is 0.394 e. The van der Waals surface area contributed by atoms with E-state index >= 15 is 0 Å². The molecule has 19 heavy (non-hydrogen) atoms. The normalized spacial score (nSPS) is 12.2. The van der Waals surface area contributed by atoms with Crippen LogP contribution < -0.4 is 5.32 Å². The molecule has 0 radical (unpaired) electrons. The fourth-order valence-corrected chi connectivity index (χ4v) is 1.90. The van der Waals surface area contributed by atoms with E-state index in [4.69, 9.17) is 11.6 Å². The number of rotatable bonds is 4. The molecule has 0 saturated heterocycles. The second-order valence-electron chi connectivity index (χ2n) is 4.06. The molecule has 0 aliphatic carbocycles. The molecule has 5 heteroatoms. The maximum Gasteiger partial charge on any atom is 0.141 e. The van der Waals surface area contributed by atoms with Crippen molar-refractivity contribution in [2.75, 3.05) is 11.9 Å². The topological polar surface area (TPSA) is 32.3 Å². The van der Waals surface area contributed by atoms with Crippen molar-refractivity contribution >= 4 is 17.3 Å². The lowest BCUT2D eigenvalue weighted by Gasteiger charge is -2.18. The van der Waals surface area contributed by atoms with E-state index in [0.29, 0.717) is 11.3 Å². The smallest absolute Gasteiger partial charge is 0.141 e. The van der Waals surface area contributed by atoms with Crippen LogP contribution in [-0.2, 0) is 0 Å². The molecule has 0 heterocycles. The summed E-state index contributed by atoms with van der Waals surface area (Å²) in [4.78, 5) is 0. The number of hydrogen-bond donors (Lipinski definition) is 2. The zero-order valence-corrected chi connectivity index (χ0v) is 10.7. The van der Waals surface area contributed by atoms with Crippen LogP contribution in [0.2, 0.25) is 5.02 Å². The zero-order valence-electron chi connectivity index (χ0n) is 9.91. The molecule has 2 nitrogen and oxygen atoms in total. The summed E-state index contributed by atoms with van der Waals surface area (Å²) in [5, 5.41) is 12.4. The summed E-state index contributed by atoms with van der Waals surface area (Å²) in [6.45, 7) is -0.195. The van der Waals surface area contributed by atoms with Crippen LogP contribution >= 0.6 is 11.6 Å². The van der Waals surface area contributed by atoms with Gasteiger partial charge in [-0.3, -0.25) is 0 Å². The third kappa shape index (κ3) is 3.43. The lowest BCUT2D eigenvalue weighted by atomic mass is 10.1. The molecule has 100 valence electrons. The number of hydrogen-bond acceptors (Lipinski definition) is 2. The quantitative estimate of drug-likeness (QED) is 0.895. The van der Waals surface area contributed by atoms with Gasteiger partial charge in [0.2, 0.25) is 0 Å². The van der Waals surface area contributed by atoms with Crippen LogP contribution in [0.5, 0.6) is 0 Å². The van der Waals surface area contributed by atoms with Gasteiger partial charge >= 0.3 is 0 Å². The van der Waals surface area contributed by atoms with Gasteiger partial charge in [-0.25, -0.2) is 8.78 Å². The van der Waals surface area contributed by atoms with Crippen molar-refractivity contribution in [1.82, 2.24) is 0 Å². The van der Waals surface area contributed by atoms with Crippen molar-refractivity contribution in [3.05, 3.63) is 64.7 Å². The molecule has 1 unspecified atom stereocenters. The summed E-state index contributed by atoms with van der Waals surface area (Å²) in [6.07, 6.45) is 0. The summed E-state index contributed by atoms with van der Waals surface area (Å²) in [6, 6.07) is 9.54. The highest BCUT2D eigenvalue weighted by Gasteiger charge is 2.12. The SMILES string of the molecule is OCC(Nc1ccc(F)cc1)c1ccc(F)c(Cl)c1. The van der Waals surface area contributed by atoms with Gasteiger partial charge in [0, 0.05) is 5.69 Å². The Morgan fingerprint density at radius 2 is 1.79 bits per heavy atom. The van der Waals surface area contributed by atoms with E-state index in [1.54, 1.807) is 18.2 Å². The predicted molar refractivity (Wildman–Crippen MR) is 71.3 cm³/mol. The van der Waals surface area contributed by atoms with E-state index in [-0.39, 0.29) is 17.4 Å². The van der Waals surface area contributed by atoms with Crippen LogP contribution in [0.25, 0.3) is 0 Å². The average Bonchev–Trinajstić information content (AvgIpc) is 2.41. The predicted octanol–water partition coefficient (Wildman–Crippen LogP) is 3.76. The maximum absolute atomic E-state index is 13.1. The lowest BCUT2D eigenvalue weighted by Crippen LogP contribution is -2.14. The molecule has 2 rings (SSSR count). The van der Waals surface area contributed by atoms with E-state index in [9.17, 15) is 13.9 Å². The Labute approximate surface area is 114 Å². The second-order valence-corrected chi connectivity index (χ2v) is 4.47. The van der Waals surface area contributed by atoms with Crippen LogP contribution in [0.4, 0.5) is 14.5 Å². The van der Waals surface area contributed by atoms with E-state index in [1.807, 2.05) is 0 Å². The standard InChI is InChI=1S/C14H12ClF2NO/c15-12-7-9(1-6-13(12)17)14(8-19)18-11-4-2-10(16)3-5-11/h1-7,14,18-19H,8H2. The highest BCUT2D eigenvalue weighted by molar-refractivity contribution is 6.30. The van der Waals surface area contributed by atoms with Gasteiger partial charge < -0.3 is 10.4 Å². The maximum atomic E-state index is 13.1. The van der Waals surface area contributed by atoms with Gasteiger partial charge in [-0.2, -0.15) is 0 Å². The van der Waals surface area contributed by atoms with Gasteiger partial charge in [0.05, 0.1) is 17.7 Å². The monoisotopic (exact) mass is 283 g/mol. The Bertz CT molecular complexity index is 560. The average molecular weight is 284 g/mol. The van der Waals surface area contributed by atoms with Gasteiger partial charge in [-0.1, -0.05) is 17.7 Å². The summed E-state index contributed by atoms with van der Waals surface area (Å²) in [5.74, 6) is -0.847. The molecule has 0 aromatic heterocycles. The minimum Gasteiger partial charge on any atom is -0.394 e. The Kier molecular flexibility index (Phi) is 4.35. The van der Waals surface area contributed by atoms with Gasteiger partial charge in [0.25, 0.3) is 0 Å². The third-order valence-corrected chi connectivity index (χ3v) is 3.00. The zero-order chi connectivity index (χ0) is 13.8. The molecule has 0 spiro atoms. The van der Waals surface area contributed by atoms with Crippen molar-refractivity contribution in [3.8, 4) is 0 Å². The molecular formula is C14H12ClF2NO. The molecule has 0 bridgehead atoms. The summed E-state index contributed by atoms with van der Waals surface area (Å²) >= 11 is 5.70. The Balaban J connectivity index is 2.19. The number of halogens is 3. The summed E-state index contributed by atoms with van der Waals surface area (Å²) in [5.41, 5.74) is 1.30. The van der Waals surface area contributed by atoms with Gasteiger partial charge in [-0.05, 0) is 42.0 Å². The third-order valence-electron chi connectivity index (χ3n) is 2.71. The van der Waals surface area contributed by atoms with Crippen molar-refractivity contribution in [2.45, 2.75) is 6.04 Å². The number of aliphatic hydroxyl groups excluding tert-OH is 1. The molecule has 1 atom stereocenters. The van der Waals surface area contributed by atoms with E-state index in [1.165, 1.54) is 24.3 Å². The first-order valence-corrected chi connectivity index (χ1v) is 6.06. The minimum atomic E-state index is -0.510. The molecule has 0 amide bonds. The van der Waals surface area contributed by atoms with E-state index < -0.39 is 11.9 Å². The van der Waals surface area contributed by atoms with Gasteiger partial charge in [0.1, 0.15) is 11.6 Å². The van der Waals surface area contributed by atoms with Crippen LogP contribution in [0.3, 0.4) is 0 Å². The van der Waals surface area contributed by atoms with Crippen molar-refractivity contribution in [1.29, 1.82) is 0 Å². The Morgan fingerprint density at radius 1 is 1.11 bits per heavy atom. The molecule has 2 N–H and O–H groups in total. The number of anilines is 1. The number of nitrogens with one attached hydrogen (secondary N) is 1. The highest BCUT2D eigenvalue weighted by atomic mass is 35.5. The fourth-order valence-electron chi connectivity index (χ4n) is 1.71. The second kappa shape index (κ2) is 5.99. The number of aliphatic hydroxyl groups is 1. The summed E-state index contributed by atoms with van der Waals surface area (Å²) in [7, 11) is 0. The van der Waals surface area contributed by atoms with Gasteiger partial charge in [-0.15, -0.1) is 0 Å². The fraction of sp³-hybridized carbons (Fsp3) is 0.143. The van der Waals surface area contributed by atoms with Gasteiger partial charge in [0.15, 0.2) is 0 Å². The minimum absolute atomic E-state index is 0.00291. The molecule has 2 aromatic rings. The van der Waals surface area contributed by atoms with E-state index in [0.717, 1.165) is 0 Å². The Hall–Kier alpha value is -1.65. The van der Waals surface area contributed by atoms with Crippen molar-refractivity contribution in [3.63, 3.8) is 0 Å². The first kappa shape index (κ1) is 13.8. The molecule has 0 aliphatic heterocycles. The highest BCUT2D eigenvalue weighted by Crippen LogP contribution is 2.24. The van der Waals surface area contributed by atoms with Crippen LogP contribution in [0.15, 0.2) is 42.5 Å². The molecule has 0 saturated carbocycles. The summed E-state index contributed by atoms with van der Waals surface area (Å²) < 4.78 is 25.9. The van der Waals surface area contributed by atoms with E-state index in [2.05, 4.69) is 5.32 Å². The van der Waals surface area contributed by atoms with Crippen molar-refractivity contribution < 1.29 is 13.9 Å². The molecule has 0 fully saturated rings. The first-order valence-electron chi connectivity index (χ1n) is 5.68. The Morgan fingerprint density at radius 3 is 2.37 bits per heavy atom. The van der Waals surface area contributed by atoms with Crippen LogP contribution in [0, 0.1) is 11.6 Å².